The molecule has 0 bridgehead atoms. The summed E-state index contributed by atoms with van der Waals surface area (Å²) in [5, 5.41) is 0. The summed E-state index contributed by atoms with van der Waals surface area (Å²) in [6, 6.07) is 8.12. The van der Waals surface area contributed by atoms with E-state index in [1.54, 1.807) is 18.0 Å². The first kappa shape index (κ1) is 12.9. The largest absolute Gasteiger partial charge is 0.383 e. The quantitative estimate of drug-likeness (QED) is 0.828. The molecule has 0 aliphatic rings. The van der Waals surface area contributed by atoms with Gasteiger partial charge in [0.1, 0.15) is 11.6 Å². The highest BCUT2D eigenvalue weighted by Crippen LogP contribution is 2.25. The molecule has 0 aliphatic heterocycles. The van der Waals surface area contributed by atoms with E-state index in [0.29, 0.717) is 11.6 Å². The van der Waals surface area contributed by atoms with Gasteiger partial charge in [0.15, 0.2) is 0 Å². The minimum absolute atomic E-state index is 0.477. The fourth-order valence-corrected chi connectivity index (χ4v) is 2.75. The molecule has 0 unspecified atom stereocenters. The van der Waals surface area contributed by atoms with Gasteiger partial charge in [-0.15, -0.1) is 11.8 Å². The van der Waals surface area contributed by atoms with Gasteiger partial charge in [-0.05, 0) is 34.1 Å². The number of aromatic nitrogens is 2. The van der Waals surface area contributed by atoms with Gasteiger partial charge in [-0.3, -0.25) is 0 Å². The van der Waals surface area contributed by atoms with Crippen LogP contribution in [0.1, 0.15) is 5.82 Å². The lowest BCUT2D eigenvalue weighted by Crippen LogP contribution is -1.98. The first-order valence-corrected chi connectivity index (χ1v) is 7.37. The van der Waals surface area contributed by atoms with Crippen LogP contribution in [0, 0.1) is 0 Å². The Labute approximate surface area is 120 Å². The van der Waals surface area contributed by atoms with Gasteiger partial charge >= 0.3 is 0 Å². The van der Waals surface area contributed by atoms with Crippen LogP contribution in [0.4, 0.5) is 5.82 Å². The van der Waals surface area contributed by atoms with Crippen molar-refractivity contribution in [1.82, 2.24) is 9.97 Å². The predicted octanol–water partition coefficient (Wildman–Crippen LogP) is 3.88. The molecule has 6 heteroatoms. The molecule has 0 aliphatic carbocycles. The van der Waals surface area contributed by atoms with Crippen LogP contribution in [0.2, 0.25) is 0 Å². The number of hydrogen-bond donors (Lipinski definition) is 1. The summed E-state index contributed by atoms with van der Waals surface area (Å²) >= 11 is 8.39. The number of rotatable bonds is 3. The van der Waals surface area contributed by atoms with Crippen LogP contribution in [0.5, 0.6) is 0 Å². The van der Waals surface area contributed by atoms with Crippen LogP contribution >= 0.6 is 43.6 Å². The van der Waals surface area contributed by atoms with E-state index in [2.05, 4.69) is 54.0 Å². The normalized spacial score (nSPS) is 10.5. The lowest BCUT2D eigenvalue weighted by atomic mass is 10.4. The van der Waals surface area contributed by atoms with Gasteiger partial charge in [-0.1, -0.05) is 22.0 Å². The lowest BCUT2D eigenvalue weighted by Gasteiger charge is -2.03. The third-order valence-electron chi connectivity index (χ3n) is 1.99. The number of hydrogen-bond acceptors (Lipinski definition) is 4. The highest BCUT2D eigenvalue weighted by Gasteiger charge is 2.03. The average Bonchev–Trinajstić information content (AvgIpc) is 2.31. The number of nitrogen functional groups attached to an aromatic ring is 1. The average molecular weight is 375 g/mol. The summed E-state index contributed by atoms with van der Waals surface area (Å²) in [4.78, 5) is 9.57. The molecule has 2 aromatic rings. The first-order chi connectivity index (χ1) is 8.15. The zero-order valence-electron chi connectivity index (χ0n) is 8.73. The summed E-state index contributed by atoms with van der Waals surface area (Å²) in [6.07, 6.45) is 1.68. The second kappa shape index (κ2) is 5.84. The number of benzene rings is 1. The summed E-state index contributed by atoms with van der Waals surface area (Å²) in [5.74, 6) is 1.91. The van der Waals surface area contributed by atoms with Crippen LogP contribution in [0.25, 0.3) is 0 Å². The molecule has 1 aromatic carbocycles. The number of nitrogens with two attached hydrogens (primary N) is 1. The molecule has 0 fully saturated rings. The number of halogens is 2. The minimum Gasteiger partial charge on any atom is -0.383 e. The topological polar surface area (TPSA) is 51.8 Å². The third-order valence-corrected chi connectivity index (χ3v) is 4.08. The maximum absolute atomic E-state index is 5.70. The highest BCUT2D eigenvalue weighted by atomic mass is 79.9. The molecule has 0 atom stereocenters. The molecule has 2 rings (SSSR count). The van der Waals surface area contributed by atoms with Crippen LogP contribution in [-0.2, 0) is 5.75 Å². The smallest absolute Gasteiger partial charge is 0.141 e. The molecular weight excluding hydrogens is 366 g/mol. The molecule has 17 heavy (non-hydrogen) atoms. The molecule has 0 spiro atoms. The van der Waals surface area contributed by atoms with Crippen LogP contribution in [0.3, 0.4) is 0 Å². The fourth-order valence-electron chi connectivity index (χ4n) is 1.19. The Kier molecular flexibility index (Phi) is 4.42. The van der Waals surface area contributed by atoms with Crippen molar-refractivity contribution >= 4 is 49.4 Å². The van der Waals surface area contributed by atoms with Crippen molar-refractivity contribution in [3.63, 3.8) is 0 Å². The third kappa shape index (κ3) is 3.69. The maximum Gasteiger partial charge on any atom is 0.141 e. The Balaban J connectivity index is 2.05. The molecule has 2 N–H and O–H groups in total. The molecule has 88 valence electrons. The van der Waals surface area contributed by atoms with Crippen molar-refractivity contribution in [1.29, 1.82) is 0 Å². The van der Waals surface area contributed by atoms with Crippen molar-refractivity contribution in [3.8, 4) is 0 Å². The highest BCUT2D eigenvalue weighted by molar-refractivity contribution is 9.10. The number of anilines is 1. The van der Waals surface area contributed by atoms with Gasteiger partial charge in [0, 0.05) is 15.6 Å². The summed E-state index contributed by atoms with van der Waals surface area (Å²) in [6.45, 7) is 0. The van der Waals surface area contributed by atoms with Gasteiger partial charge in [-0.2, -0.15) is 0 Å². The van der Waals surface area contributed by atoms with E-state index in [9.17, 15) is 0 Å². The second-order valence-electron chi connectivity index (χ2n) is 3.27. The zero-order valence-corrected chi connectivity index (χ0v) is 12.7. The van der Waals surface area contributed by atoms with Gasteiger partial charge < -0.3 is 5.73 Å². The van der Waals surface area contributed by atoms with E-state index < -0.39 is 0 Å². The monoisotopic (exact) mass is 373 g/mol. The standard InChI is InChI=1S/C11H9Br2N3S/c12-7-2-1-3-8(4-7)17-6-10-15-5-9(13)11(14)16-10/h1-5H,6H2,(H2,14,15,16). The van der Waals surface area contributed by atoms with Crippen LogP contribution in [0.15, 0.2) is 44.3 Å². The Morgan fingerprint density at radius 1 is 1.29 bits per heavy atom. The molecule has 3 nitrogen and oxygen atoms in total. The van der Waals surface area contributed by atoms with Gasteiger partial charge in [-0.25, -0.2) is 9.97 Å². The van der Waals surface area contributed by atoms with E-state index >= 15 is 0 Å². The van der Waals surface area contributed by atoms with Crippen molar-refractivity contribution < 1.29 is 0 Å². The van der Waals surface area contributed by atoms with Crippen LogP contribution in [-0.4, -0.2) is 9.97 Å². The van der Waals surface area contributed by atoms with Gasteiger partial charge in [0.05, 0.1) is 10.2 Å². The van der Waals surface area contributed by atoms with E-state index in [1.807, 2.05) is 12.1 Å². The summed E-state index contributed by atoms with van der Waals surface area (Å²) in [7, 11) is 0. The van der Waals surface area contributed by atoms with Crippen molar-refractivity contribution in [2.24, 2.45) is 0 Å². The number of nitrogens with zero attached hydrogens (tertiary/aromatic N) is 2. The second-order valence-corrected chi connectivity index (χ2v) is 6.08. The summed E-state index contributed by atoms with van der Waals surface area (Å²) in [5.41, 5.74) is 5.70. The van der Waals surface area contributed by atoms with E-state index in [0.717, 1.165) is 14.8 Å². The molecular formula is C11H9Br2N3S. The van der Waals surface area contributed by atoms with Crippen molar-refractivity contribution in [3.05, 3.63) is 45.2 Å². The molecule has 1 aromatic heterocycles. The first-order valence-electron chi connectivity index (χ1n) is 4.80. The van der Waals surface area contributed by atoms with Crippen molar-refractivity contribution in [2.45, 2.75) is 10.6 Å². The van der Waals surface area contributed by atoms with E-state index in [-0.39, 0.29) is 0 Å². The Morgan fingerprint density at radius 3 is 2.82 bits per heavy atom. The predicted molar refractivity (Wildman–Crippen MR) is 77.8 cm³/mol. The molecule has 0 saturated heterocycles. The van der Waals surface area contributed by atoms with E-state index in [4.69, 9.17) is 5.73 Å². The SMILES string of the molecule is Nc1nc(CSc2cccc(Br)c2)ncc1Br. The Hall–Kier alpha value is -0.590. The Bertz CT molecular complexity index is 534. The molecule has 0 radical (unpaired) electrons. The van der Waals surface area contributed by atoms with E-state index in [1.165, 1.54) is 4.90 Å². The lowest BCUT2D eigenvalue weighted by molar-refractivity contribution is 1.03. The molecule has 0 amide bonds. The fraction of sp³-hybridized carbons (Fsp3) is 0.0909. The van der Waals surface area contributed by atoms with Gasteiger partial charge in [0.25, 0.3) is 0 Å². The Morgan fingerprint density at radius 2 is 2.12 bits per heavy atom. The molecule has 1 heterocycles. The summed E-state index contributed by atoms with van der Waals surface area (Å²) < 4.78 is 1.80. The maximum atomic E-state index is 5.70. The van der Waals surface area contributed by atoms with Crippen molar-refractivity contribution in [2.75, 3.05) is 5.73 Å². The minimum atomic E-state index is 0.477. The molecule has 0 saturated carbocycles. The zero-order chi connectivity index (χ0) is 12.3. The number of thioether (sulfide) groups is 1. The van der Waals surface area contributed by atoms with Crippen LogP contribution < -0.4 is 5.73 Å². The van der Waals surface area contributed by atoms with Gasteiger partial charge in [0.2, 0.25) is 0 Å².